The number of rotatable bonds is 8. The summed E-state index contributed by atoms with van der Waals surface area (Å²) in [5.74, 6) is -3.61. The van der Waals surface area contributed by atoms with E-state index >= 15 is 0 Å². The van der Waals surface area contributed by atoms with E-state index in [4.69, 9.17) is 10.2 Å². The Morgan fingerprint density at radius 1 is 1.11 bits per heavy atom. The van der Waals surface area contributed by atoms with Crippen molar-refractivity contribution < 1.29 is 72.6 Å². The summed E-state index contributed by atoms with van der Waals surface area (Å²) in [5.41, 5.74) is -0.0586. The molecule has 0 rings (SSSR count). The van der Waals surface area contributed by atoms with Gasteiger partial charge in [0.05, 0.1) is 0 Å². The van der Waals surface area contributed by atoms with E-state index in [1.165, 1.54) is 0 Å². The molecule has 5 heteroatoms. The van der Waals surface area contributed by atoms with Gasteiger partial charge in [-0.15, -0.1) is 0 Å². The summed E-state index contributed by atoms with van der Waals surface area (Å²) >= 11 is 0. The molecule has 0 aliphatic heterocycles. The van der Waals surface area contributed by atoms with Crippen LogP contribution in [0.2, 0.25) is 0 Å². The molecule has 0 fully saturated rings. The molecule has 1 unspecified atom stereocenters. The summed E-state index contributed by atoms with van der Waals surface area (Å²) in [7, 11) is 0. The molecule has 1 atom stereocenters. The quantitative estimate of drug-likeness (QED) is 0.389. The van der Waals surface area contributed by atoms with E-state index in [0.717, 1.165) is 25.7 Å². The molecule has 0 amide bonds. The van der Waals surface area contributed by atoms with Crippen molar-refractivity contribution in [1.29, 1.82) is 0 Å². The Balaban J connectivity index is -0.00000144. The maximum atomic E-state index is 11.0. The van der Waals surface area contributed by atoms with Gasteiger partial charge in [-0.2, -0.15) is 0 Å². The van der Waals surface area contributed by atoms with Crippen LogP contribution in [0.25, 0.3) is 0 Å². The Morgan fingerprint density at radius 3 is 1.89 bits per heavy atom. The van der Waals surface area contributed by atoms with Gasteiger partial charge in [0, 0.05) is 0 Å². The van der Waals surface area contributed by atoms with Crippen molar-refractivity contribution in [2.75, 3.05) is 0 Å². The van der Waals surface area contributed by atoms with Crippen molar-refractivity contribution in [2.45, 2.75) is 59.8 Å². The number of unbranched alkanes of at least 4 members (excludes halogenated alkanes) is 2. The topological polar surface area (TPSA) is 74.6 Å². The third-order valence-electron chi connectivity index (χ3n) is 3.50. The third kappa shape index (κ3) is 9.18. The van der Waals surface area contributed by atoms with Gasteiger partial charge in [0.2, 0.25) is 0 Å². The Kier molecular flexibility index (Phi) is 11.9. The first-order valence-electron chi connectivity index (χ1n) is 6.65. The van der Waals surface area contributed by atoms with Crippen LogP contribution < -0.4 is 51.4 Å². The van der Waals surface area contributed by atoms with Crippen molar-refractivity contribution in [3.8, 4) is 0 Å². The Labute approximate surface area is 160 Å². The predicted octanol–water partition coefficient (Wildman–Crippen LogP) is 0.521. The summed E-state index contributed by atoms with van der Waals surface area (Å²) < 4.78 is 0. The first-order chi connectivity index (χ1) is 8.20. The zero-order valence-corrected chi connectivity index (χ0v) is 16.0. The molecule has 0 aliphatic carbocycles. The van der Waals surface area contributed by atoms with Crippen LogP contribution in [0.3, 0.4) is 0 Å². The zero-order chi connectivity index (χ0) is 14.3. The molecule has 0 aromatic heterocycles. The Hall–Kier alpha value is 0.576. The van der Waals surface area contributed by atoms with Crippen molar-refractivity contribution in [2.24, 2.45) is 17.3 Å². The van der Waals surface area contributed by atoms with E-state index in [1.807, 2.05) is 20.8 Å². The molecule has 19 heavy (non-hydrogen) atoms. The number of carboxylic acids is 2. The first-order valence-corrected chi connectivity index (χ1v) is 6.65. The Bertz CT molecular complexity index is 275. The van der Waals surface area contributed by atoms with E-state index < -0.39 is 17.9 Å². The number of carboxylic acid groups (broad SMARTS) is 2. The maximum Gasteiger partial charge on any atom is 1.00 e. The second-order valence-electron chi connectivity index (χ2n) is 6.02. The smallest absolute Gasteiger partial charge is 1.00 e. The van der Waals surface area contributed by atoms with Crippen LogP contribution in [0.5, 0.6) is 0 Å². The number of carbonyl (C=O) groups is 2. The van der Waals surface area contributed by atoms with Crippen LogP contribution in [-0.4, -0.2) is 22.2 Å². The van der Waals surface area contributed by atoms with Crippen molar-refractivity contribution >= 4 is 11.9 Å². The molecule has 0 aliphatic rings. The second-order valence-corrected chi connectivity index (χ2v) is 6.02. The van der Waals surface area contributed by atoms with Crippen LogP contribution in [-0.2, 0) is 9.59 Å². The molecule has 2 N–H and O–H groups in total. The normalized spacial score (nSPS) is 12.9. The number of aliphatic carboxylic acids is 2. The van der Waals surface area contributed by atoms with Gasteiger partial charge in [-0.25, -0.2) is 0 Å². The first kappa shape index (κ1) is 21.9. The van der Waals surface area contributed by atoms with Crippen molar-refractivity contribution in [3.63, 3.8) is 0 Å². The summed E-state index contributed by atoms with van der Waals surface area (Å²) in [5, 5.41) is 17.9. The maximum absolute atomic E-state index is 11.0. The van der Waals surface area contributed by atoms with E-state index in [1.54, 1.807) is 0 Å². The molecular formula is C14H27KO4. The average molecular weight is 298 g/mol. The molecule has 0 spiro atoms. The van der Waals surface area contributed by atoms with Crippen molar-refractivity contribution in [3.05, 3.63) is 0 Å². The standard InChI is InChI=1S/C14H26O4.K.H/c1-5-6-7-8-10(14(2,3)4)9-11(12(15)16)13(17)18;;/h10-11H,5-9H2,1-4H3,(H,15,16)(H,17,18);;/q;+1;-1. The minimum Gasteiger partial charge on any atom is -1.00 e. The van der Waals surface area contributed by atoms with Gasteiger partial charge in [-0.05, 0) is 24.2 Å². The number of hydrogen-bond donors (Lipinski definition) is 2. The molecule has 0 saturated carbocycles. The minimum absolute atomic E-state index is 0. The van der Waals surface area contributed by atoms with Gasteiger partial charge in [0.25, 0.3) is 0 Å². The second kappa shape index (κ2) is 10.3. The summed E-state index contributed by atoms with van der Waals surface area (Å²) in [6.45, 7) is 8.25. The van der Waals surface area contributed by atoms with Gasteiger partial charge in [-0.3, -0.25) is 9.59 Å². The number of hydrogen-bond acceptors (Lipinski definition) is 2. The van der Waals surface area contributed by atoms with Gasteiger partial charge >= 0.3 is 63.3 Å². The molecule has 0 radical (unpaired) electrons. The molecule has 4 nitrogen and oxygen atoms in total. The monoisotopic (exact) mass is 298 g/mol. The van der Waals surface area contributed by atoms with Crippen LogP contribution >= 0.6 is 0 Å². The van der Waals surface area contributed by atoms with Gasteiger partial charge in [0.1, 0.15) is 0 Å². The fraction of sp³-hybridized carbons (Fsp3) is 0.857. The zero-order valence-electron chi connectivity index (χ0n) is 13.9. The van der Waals surface area contributed by atoms with Crippen molar-refractivity contribution in [1.82, 2.24) is 0 Å². The van der Waals surface area contributed by atoms with Crippen LogP contribution in [0.15, 0.2) is 0 Å². The van der Waals surface area contributed by atoms with E-state index in [9.17, 15) is 9.59 Å². The fourth-order valence-electron chi connectivity index (χ4n) is 2.14. The summed E-state index contributed by atoms with van der Waals surface area (Å²) in [6.07, 6.45) is 4.37. The molecular weight excluding hydrogens is 271 g/mol. The summed E-state index contributed by atoms with van der Waals surface area (Å²) in [4.78, 5) is 21.9. The van der Waals surface area contributed by atoms with Crippen LogP contribution in [0.1, 0.15) is 61.2 Å². The van der Waals surface area contributed by atoms with Gasteiger partial charge in [-0.1, -0.05) is 47.0 Å². The third-order valence-corrected chi connectivity index (χ3v) is 3.50. The average Bonchev–Trinajstić information content (AvgIpc) is 2.20. The SMILES string of the molecule is CCCCCC(CC(C(=O)O)C(=O)O)C(C)(C)C.[H-].[K+]. The molecule has 0 heterocycles. The minimum atomic E-state index is -1.28. The van der Waals surface area contributed by atoms with Crippen LogP contribution in [0, 0.1) is 17.3 Å². The molecule has 108 valence electrons. The molecule has 0 aromatic rings. The molecule has 0 bridgehead atoms. The molecule has 0 saturated heterocycles. The van der Waals surface area contributed by atoms with Gasteiger partial charge < -0.3 is 11.6 Å². The fourth-order valence-corrected chi connectivity index (χ4v) is 2.14. The summed E-state index contributed by atoms with van der Waals surface area (Å²) in [6, 6.07) is 0. The predicted molar refractivity (Wildman–Crippen MR) is 71.6 cm³/mol. The van der Waals surface area contributed by atoms with E-state index in [2.05, 4.69) is 6.92 Å². The van der Waals surface area contributed by atoms with Gasteiger partial charge in [0.15, 0.2) is 5.92 Å². The van der Waals surface area contributed by atoms with E-state index in [-0.39, 0.29) is 70.6 Å². The van der Waals surface area contributed by atoms with E-state index in [0.29, 0.717) is 0 Å². The Morgan fingerprint density at radius 2 is 1.58 bits per heavy atom. The molecule has 0 aromatic carbocycles. The van der Waals surface area contributed by atoms with Crippen LogP contribution in [0.4, 0.5) is 0 Å². The largest absolute Gasteiger partial charge is 1.00 e.